The monoisotopic (exact) mass is 350 g/mol. The van der Waals surface area contributed by atoms with Crippen LogP contribution >= 0.6 is 0 Å². The van der Waals surface area contributed by atoms with E-state index in [-0.39, 0.29) is 5.43 Å². The van der Waals surface area contributed by atoms with E-state index >= 15 is 0 Å². The number of rotatable bonds is 3. The number of hydrogen-bond donors (Lipinski definition) is 1. The Kier molecular flexibility index (Phi) is 4.80. The third kappa shape index (κ3) is 3.96. The summed E-state index contributed by atoms with van der Waals surface area (Å²) in [5.41, 5.74) is 4.64. The third-order valence-electron chi connectivity index (χ3n) is 4.44. The van der Waals surface area contributed by atoms with Gasteiger partial charge in [-0.3, -0.25) is 9.78 Å². The average molecular weight is 350 g/mol. The molecule has 0 aliphatic carbocycles. The molecular formula is C24H18N2O. The summed E-state index contributed by atoms with van der Waals surface area (Å²) in [5, 5.41) is 0.669. The van der Waals surface area contributed by atoms with Crippen molar-refractivity contribution in [3.63, 3.8) is 0 Å². The molecule has 0 fully saturated rings. The van der Waals surface area contributed by atoms with Gasteiger partial charge in [0.2, 0.25) is 0 Å². The molecule has 0 unspecified atom stereocenters. The lowest BCUT2D eigenvalue weighted by atomic mass is 10.0. The number of benzene rings is 2. The zero-order chi connectivity index (χ0) is 18.5. The Balaban J connectivity index is 1.63. The molecule has 2 heterocycles. The van der Waals surface area contributed by atoms with E-state index in [9.17, 15) is 4.79 Å². The molecular weight excluding hydrogens is 332 g/mol. The molecule has 2 aromatic heterocycles. The molecule has 4 aromatic rings. The van der Waals surface area contributed by atoms with Crippen molar-refractivity contribution in [1.82, 2.24) is 9.97 Å². The summed E-state index contributed by atoms with van der Waals surface area (Å²) in [6.07, 6.45) is 6.56. The Hall–Kier alpha value is -3.64. The second kappa shape index (κ2) is 7.72. The van der Waals surface area contributed by atoms with Gasteiger partial charge in [-0.25, -0.2) is 0 Å². The maximum atomic E-state index is 12.9. The minimum absolute atomic E-state index is 0.0410. The van der Waals surface area contributed by atoms with Crippen LogP contribution in [-0.2, 0) is 12.8 Å². The molecule has 27 heavy (non-hydrogen) atoms. The van der Waals surface area contributed by atoms with Crippen molar-refractivity contribution in [2.45, 2.75) is 12.8 Å². The van der Waals surface area contributed by atoms with Crippen LogP contribution in [0.2, 0.25) is 0 Å². The van der Waals surface area contributed by atoms with Gasteiger partial charge in [0.05, 0.1) is 0 Å². The number of aromatic nitrogens is 2. The van der Waals surface area contributed by atoms with Gasteiger partial charge in [-0.05, 0) is 35.4 Å². The zero-order valence-corrected chi connectivity index (χ0v) is 14.8. The fourth-order valence-electron chi connectivity index (χ4n) is 3.04. The lowest BCUT2D eigenvalue weighted by molar-refractivity contribution is 1.11. The Morgan fingerprint density at radius 3 is 2.63 bits per heavy atom. The van der Waals surface area contributed by atoms with Crippen molar-refractivity contribution in [3.05, 3.63) is 112 Å². The Bertz CT molecular complexity index is 1180. The molecule has 3 nitrogen and oxygen atoms in total. The molecule has 130 valence electrons. The van der Waals surface area contributed by atoms with Gasteiger partial charge in [0.15, 0.2) is 5.43 Å². The van der Waals surface area contributed by atoms with Crippen LogP contribution in [0.25, 0.3) is 10.9 Å². The first-order valence-corrected chi connectivity index (χ1v) is 8.85. The van der Waals surface area contributed by atoms with E-state index < -0.39 is 0 Å². The number of fused-ring (bicyclic) bond motifs is 1. The maximum absolute atomic E-state index is 12.9. The number of nitrogens with one attached hydrogen (secondary N) is 1. The molecule has 4 rings (SSSR count). The molecule has 0 spiro atoms. The van der Waals surface area contributed by atoms with Gasteiger partial charge in [0.25, 0.3) is 0 Å². The second-order valence-electron chi connectivity index (χ2n) is 6.41. The summed E-state index contributed by atoms with van der Waals surface area (Å²) in [5.74, 6) is 6.35. The van der Waals surface area contributed by atoms with Crippen LogP contribution < -0.4 is 5.43 Å². The van der Waals surface area contributed by atoms with E-state index in [0.717, 1.165) is 22.2 Å². The smallest absolute Gasteiger partial charge is 0.192 e. The van der Waals surface area contributed by atoms with Crippen molar-refractivity contribution in [2.24, 2.45) is 0 Å². The Labute approximate surface area is 157 Å². The molecule has 2 aromatic carbocycles. The first kappa shape index (κ1) is 16.8. The average Bonchev–Trinajstić information content (AvgIpc) is 2.72. The summed E-state index contributed by atoms with van der Waals surface area (Å²) >= 11 is 0. The fourth-order valence-corrected chi connectivity index (χ4v) is 3.04. The highest BCUT2D eigenvalue weighted by atomic mass is 16.1. The van der Waals surface area contributed by atoms with Gasteiger partial charge in [-0.1, -0.05) is 48.2 Å². The predicted molar refractivity (Wildman–Crippen MR) is 109 cm³/mol. The maximum Gasteiger partial charge on any atom is 0.192 e. The molecule has 0 atom stereocenters. The van der Waals surface area contributed by atoms with Gasteiger partial charge in [0.1, 0.15) is 0 Å². The van der Waals surface area contributed by atoms with Crippen molar-refractivity contribution < 1.29 is 0 Å². The summed E-state index contributed by atoms with van der Waals surface area (Å²) < 4.78 is 0. The molecule has 0 bridgehead atoms. The zero-order valence-electron chi connectivity index (χ0n) is 14.8. The van der Waals surface area contributed by atoms with Gasteiger partial charge in [-0.15, -0.1) is 0 Å². The molecule has 1 N–H and O–H groups in total. The van der Waals surface area contributed by atoms with Gasteiger partial charge in [-0.2, -0.15) is 0 Å². The second-order valence-corrected chi connectivity index (χ2v) is 6.41. The highest BCUT2D eigenvalue weighted by Crippen LogP contribution is 2.13. The van der Waals surface area contributed by atoms with E-state index in [0.29, 0.717) is 18.2 Å². The van der Waals surface area contributed by atoms with E-state index in [2.05, 4.69) is 33.9 Å². The number of hydrogen-bond acceptors (Lipinski definition) is 2. The molecule has 3 heteroatoms. The highest BCUT2D eigenvalue weighted by Gasteiger charge is 2.07. The van der Waals surface area contributed by atoms with E-state index in [4.69, 9.17) is 0 Å². The minimum atomic E-state index is 0.0410. The van der Waals surface area contributed by atoms with Crippen LogP contribution in [0.15, 0.2) is 84.0 Å². The van der Waals surface area contributed by atoms with E-state index in [1.807, 2.05) is 48.5 Å². The van der Waals surface area contributed by atoms with Crippen LogP contribution in [0.3, 0.4) is 0 Å². The summed E-state index contributed by atoms with van der Waals surface area (Å²) in [6, 6.07) is 19.7. The van der Waals surface area contributed by atoms with Crippen LogP contribution in [0.1, 0.15) is 22.3 Å². The Morgan fingerprint density at radius 1 is 0.963 bits per heavy atom. The van der Waals surface area contributed by atoms with Crippen molar-refractivity contribution >= 4 is 10.9 Å². The number of pyridine rings is 2. The lowest BCUT2D eigenvalue weighted by Gasteiger charge is -2.04. The van der Waals surface area contributed by atoms with Crippen molar-refractivity contribution in [1.29, 1.82) is 0 Å². The van der Waals surface area contributed by atoms with Gasteiger partial charge < -0.3 is 4.98 Å². The van der Waals surface area contributed by atoms with Crippen molar-refractivity contribution in [2.75, 3.05) is 0 Å². The molecule has 0 saturated carbocycles. The molecule has 0 amide bonds. The normalized spacial score (nSPS) is 10.4. The lowest BCUT2D eigenvalue weighted by Crippen LogP contribution is -2.11. The summed E-state index contributed by atoms with van der Waals surface area (Å²) in [6.45, 7) is 0. The summed E-state index contributed by atoms with van der Waals surface area (Å²) in [7, 11) is 0. The first-order chi connectivity index (χ1) is 13.3. The number of nitrogens with zero attached hydrogens (tertiary/aromatic N) is 1. The Morgan fingerprint density at radius 2 is 1.81 bits per heavy atom. The van der Waals surface area contributed by atoms with Gasteiger partial charge in [0, 0.05) is 53.5 Å². The third-order valence-corrected chi connectivity index (χ3v) is 4.44. The predicted octanol–water partition coefficient (Wildman–Crippen LogP) is 4.11. The number of aromatic amines is 1. The molecule has 0 aliphatic rings. The summed E-state index contributed by atoms with van der Waals surface area (Å²) in [4.78, 5) is 20.2. The molecule has 0 radical (unpaired) electrons. The molecule has 0 aliphatic heterocycles. The van der Waals surface area contributed by atoms with Crippen LogP contribution in [0.4, 0.5) is 0 Å². The van der Waals surface area contributed by atoms with Gasteiger partial charge >= 0.3 is 0 Å². The van der Waals surface area contributed by atoms with Crippen LogP contribution in [0, 0.1) is 11.8 Å². The van der Waals surface area contributed by atoms with Crippen molar-refractivity contribution in [3.8, 4) is 11.8 Å². The van der Waals surface area contributed by atoms with Crippen LogP contribution in [-0.4, -0.2) is 9.97 Å². The fraction of sp³-hybridized carbons (Fsp3) is 0.0833. The largest absolute Gasteiger partial charge is 0.361 e. The van der Waals surface area contributed by atoms with E-state index in [1.165, 1.54) is 5.56 Å². The first-order valence-electron chi connectivity index (χ1n) is 8.85. The standard InChI is InChI=1S/C24H18N2O/c27-24-21(14-20-10-5-13-25-16-20)17-26-23-12-11-19(15-22(23)24)9-4-8-18-6-2-1-3-7-18/h1-3,5-7,10-13,15-17H,8,14H2,(H,26,27). The SMILES string of the molecule is O=c1c(Cc2cccnc2)c[nH]c2ccc(C#CCc3ccccc3)cc12. The molecule has 0 saturated heterocycles. The highest BCUT2D eigenvalue weighted by molar-refractivity contribution is 5.80. The minimum Gasteiger partial charge on any atom is -0.361 e. The van der Waals surface area contributed by atoms with Crippen LogP contribution in [0.5, 0.6) is 0 Å². The van der Waals surface area contributed by atoms with E-state index in [1.54, 1.807) is 18.6 Å². The quantitative estimate of drug-likeness (QED) is 0.565. The topological polar surface area (TPSA) is 45.8 Å². The number of H-pyrrole nitrogens is 1.